The van der Waals surface area contributed by atoms with Crippen LogP contribution < -0.4 is 5.32 Å². The maximum Gasteiger partial charge on any atom is 0.284 e. The lowest BCUT2D eigenvalue weighted by Crippen LogP contribution is -2.44. The van der Waals surface area contributed by atoms with Gasteiger partial charge in [-0.1, -0.05) is 13.0 Å². The molecule has 0 bridgehead atoms. The van der Waals surface area contributed by atoms with Crippen molar-refractivity contribution in [2.24, 2.45) is 0 Å². The molecule has 0 spiro atoms. The fourth-order valence-corrected chi connectivity index (χ4v) is 3.08. The summed E-state index contributed by atoms with van der Waals surface area (Å²) in [6, 6.07) is 4.62. The Morgan fingerprint density at radius 3 is 2.71 bits per heavy atom. The number of nitro benzene ring substituents is 1. The van der Waals surface area contributed by atoms with Gasteiger partial charge in [-0.05, 0) is 41.4 Å². The summed E-state index contributed by atoms with van der Waals surface area (Å²) in [6.45, 7) is 5.09. The Bertz CT molecular complexity index is 542. The second-order valence-corrected chi connectivity index (χ2v) is 5.87. The van der Waals surface area contributed by atoms with Crippen molar-refractivity contribution in [1.29, 1.82) is 0 Å². The summed E-state index contributed by atoms with van der Waals surface area (Å²) >= 11 is 3.16. The number of piperidine rings is 1. The van der Waals surface area contributed by atoms with Crippen molar-refractivity contribution in [1.82, 2.24) is 10.2 Å². The van der Waals surface area contributed by atoms with E-state index in [1.807, 2.05) is 0 Å². The first kappa shape index (κ1) is 15.9. The molecule has 1 amide bonds. The number of amides is 1. The molecule has 7 heteroatoms. The third-order valence-corrected chi connectivity index (χ3v) is 4.62. The summed E-state index contributed by atoms with van der Waals surface area (Å²) in [5, 5.41) is 13.9. The number of hydrogen-bond donors (Lipinski definition) is 1. The first-order valence-corrected chi connectivity index (χ1v) is 7.78. The minimum atomic E-state index is -0.499. The van der Waals surface area contributed by atoms with Crippen molar-refractivity contribution in [3.05, 3.63) is 38.3 Å². The Kier molecular flexibility index (Phi) is 5.30. The van der Waals surface area contributed by atoms with E-state index < -0.39 is 4.92 Å². The van der Waals surface area contributed by atoms with Crippen molar-refractivity contribution in [2.45, 2.75) is 25.8 Å². The van der Waals surface area contributed by atoms with Crippen LogP contribution in [0.5, 0.6) is 0 Å². The van der Waals surface area contributed by atoms with Crippen LogP contribution in [0.1, 0.15) is 30.1 Å². The molecule has 0 saturated carbocycles. The smallest absolute Gasteiger partial charge is 0.284 e. The van der Waals surface area contributed by atoms with Crippen LogP contribution in [0.25, 0.3) is 0 Å². The van der Waals surface area contributed by atoms with Gasteiger partial charge in [0.15, 0.2) is 0 Å². The number of hydrogen-bond acceptors (Lipinski definition) is 4. The van der Waals surface area contributed by atoms with E-state index in [-0.39, 0.29) is 22.1 Å². The standard InChI is InChI=1S/C14H18BrN3O3/c1-2-17-8-6-10(7-9-17)16-14(19)11-4-3-5-12(13(11)15)18(20)21/h3-5,10H,2,6-9H2,1H3,(H,16,19). The average molecular weight is 356 g/mol. The van der Waals surface area contributed by atoms with E-state index in [1.165, 1.54) is 12.1 Å². The van der Waals surface area contributed by atoms with Crippen LogP contribution in [-0.4, -0.2) is 41.4 Å². The van der Waals surface area contributed by atoms with Gasteiger partial charge in [0.05, 0.1) is 10.5 Å². The number of nitro groups is 1. The highest BCUT2D eigenvalue weighted by molar-refractivity contribution is 9.10. The molecule has 1 fully saturated rings. The molecule has 0 aliphatic carbocycles. The highest BCUT2D eigenvalue weighted by atomic mass is 79.9. The largest absolute Gasteiger partial charge is 0.349 e. The van der Waals surface area contributed by atoms with Gasteiger partial charge in [-0.15, -0.1) is 0 Å². The maximum atomic E-state index is 12.3. The zero-order valence-electron chi connectivity index (χ0n) is 11.8. The molecule has 114 valence electrons. The van der Waals surface area contributed by atoms with Crippen LogP contribution in [0.2, 0.25) is 0 Å². The number of benzene rings is 1. The first-order valence-electron chi connectivity index (χ1n) is 6.99. The van der Waals surface area contributed by atoms with Gasteiger partial charge in [-0.2, -0.15) is 0 Å². The molecule has 1 aromatic carbocycles. The molecule has 0 aromatic heterocycles. The number of carbonyl (C=O) groups excluding carboxylic acids is 1. The number of nitrogens with zero attached hydrogens (tertiary/aromatic N) is 2. The molecule has 2 rings (SSSR count). The molecule has 0 radical (unpaired) electrons. The van der Waals surface area contributed by atoms with Gasteiger partial charge < -0.3 is 10.2 Å². The minimum absolute atomic E-state index is 0.0940. The van der Waals surface area contributed by atoms with Crippen molar-refractivity contribution < 1.29 is 9.72 Å². The predicted molar refractivity (Wildman–Crippen MR) is 83.4 cm³/mol. The molecular weight excluding hydrogens is 338 g/mol. The van der Waals surface area contributed by atoms with Crippen molar-refractivity contribution in [3.8, 4) is 0 Å². The molecule has 1 N–H and O–H groups in total. The maximum absolute atomic E-state index is 12.3. The summed E-state index contributed by atoms with van der Waals surface area (Å²) in [6.07, 6.45) is 1.82. The normalized spacial score (nSPS) is 16.7. The van der Waals surface area contributed by atoms with Gasteiger partial charge >= 0.3 is 0 Å². The van der Waals surface area contributed by atoms with Crippen molar-refractivity contribution >= 4 is 27.5 Å². The van der Waals surface area contributed by atoms with E-state index >= 15 is 0 Å². The lowest BCUT2D eigenvalue weighted by atomic mass is 10.0. The Labute approximate surface area is 131 Å². The summed E-state index contributed by atoms with van der Waals surface area (Å²) < 4.78 is 0.235. The van der Waals surface area contributed by atoms with Crippen LogP contribution in [0.15, 0.2) is 22.7 Å². The van der Waals surface area contributed by atoms with Gasteiger partial charge in [0.25, 0.3) is 11.6 Å². The highest BCUT2D eigenvalue weighted by Gasteiger charge is 2.23. The zero-order chi connectivity index (χ0) is 15.4. The molecule has 1 aliphatic rings. The molecule has 1 aromatic rings. The van der Waals surface area contributed by atoms with Crippen molar-refractivity contribution in [2.75, 3.05) is 19.6 Å². The number of likely N-dealkylation sites (tertiary alicyclic amines) is 1. The Hall–Kier alpha value is -1.47. The van der Waals surface area contributed by atoms with Gasteiger partial charge in [-0.25, -0.2) is 0 Å². The van der Waals surface area contributed by atoms with E-state index in [9.17, 15) is 14.9 Å². The molecule has 1 heterocycles. The highest BCUT2D eigenvalue weighted by Crippen LogP contribution is 2.28. The second-order valence-electron chi connectivity index (χ2n) is 5.08. The number of halogens is 1. The molecule has 6 nitrogen and oxygen atoms in total. The second kappa shape index (κ2) is 7.00. The third-order valence-electron chi connectivity index (χ3n) is 3.79. The SMILES string of the molecule is CCN1CCC(NC(=O)c2cccc([N+](=O)[O-])c2Br)CC1. The lowest BCUT2D eigenvalue weighted by molar-refractivity contribution is -0.385. The van der Waals surface area contributed by atoms with E-state index in [4.69, 9.17) is 0 Å². The fourth-order valence-electron chi connectivity index (χ4n) is 2.49. The summed E-state index contributed by atoms with van der Waals surface area (Å²) in [7, 11) is 0. The van der Waals surface area contributed by atoms with E-state index in [0.29, 0.717) is 5.56 Å². The van der Waals surface area contributed by atoms with Crippen LogP contribution in [-0.2, 0) is 0 Å². The van der Waals surface area contributed by atoms with Gasteiger partial charge in [-0.3, -0.25) is 14.9 Å². The Morgan fingerprint density at radius 1 is 1.48 bits per heavy atom. The first-order chi connectivity index (χ1) is 10.0. The van der Waals surface area contributed by atoms with Gasteiger partial charge in [0, 0.05) is 25.2 Å². The van der Waals surface area contributed by atoms with Crippen LogP contribution in [0.4, 0.5) is 5.69 Å². The average Bonchev–Trinajstić information content (AvgIpc) is 2.47. The van der Waals surface area contributed by atoms with E-state index in [2.05, 4.69) is 33.1 Å². The summed E-state index contributed by atoms with van der Waals surface area (Å²) in [5.41, 5.74) is 0.213. The topological polar surface area (TPSA) is 75.5 Å². The molecular formula is C14H18BrN3O3. The molecule has 1 saturated heterocycles. The number of nitrogens with one attached hydrogen (secondary N) is 1. The predicted octanol–water partition coefficient (Wildman–Crippen LogP) is 2.57. The molecule has 0 unspecified atom stereocenters. The molecule has 1 aliphatic heterocycles. The monoisotopic (exact) mass is 355 g/mol. The van der Waals surface area contributed by atoms with Crippen LogP contribution in [0, 0.1) is 10.1 Å². The van der Waals surface area contributed by atoms with E-state index in [0.717, 1.165) is 32.5 Å². The Morgan fingerprint density at radius 2 is 2.14 bits per heavy atom. The Balaban J connectivity index is 2.04. The van der Waals surface area contributed by atoms with E-state index in [1.54, 1.807) is 6.07 Å². The van der Waals surface area contributed by atoms with Crippen molar-refractivity contribution in [3.63, 3.8) is 0 Å². The molecule has 0 atom stereocenters. The quantitative estimate of drug-likeness (QED) is 0.665. The zero-order valence-corrected chi connectivity index (χ0v) is 13.4. The number of rotatable bonds is 4. The van der Waals surface area contributed by atoms with Gasteiger partial charge in [0.1, 0.15) is 4.47 Å². The minimum Gasteiger partial charge on any atom is -0.349 e. The molecule has 21 heavy (non-hydrogen) atoms. The summed E-state index contributed by atoms with van der Waals surface area (Å²) in [4.78, 5) is 25.0. The lowest BCUT2D eigenvalue weighted by Gasteiger charge is -2.31. The number of carbonyl (C=O) groups is 1. The van der Waals surface area contributed by atoms with Gasteiger partial charge in [0.2, 0.25) is 0 Å². The summed E-state index contributed by atoms with van der Waals surface area (Å²) in [5.74, 6) is -0.263. The van der Waals surface area contributed by atoms with Crippen LogP contribution >= 0.6 is 15.9 Å². The fraction of sp³-hybridized carbons (Fsp3) is 0.500. The van der Waals surface area contributed by atoms with Crippen LogP contribution in [0.3, 0.4) is 0 Å². The third kappa shape index (κ3) is 3.79.